The summed E-state index contributed by atoms with van der Waals surface area (Å²) >= 11 is 0. The summed E-state index contributed by atoms with van der Waals surface area (Å²) in [6.45, 7) is 3.18. The zero-order valence-electron chi connectivity index (χ0n) is 17.5. The Morgan fingerprint density at radius 3 is 2.89 bits per heavy atom. The van der Waals surface area contributed by atoms with Gasteiger partial charge in [-0.1, -0.05) is 60.1 Å². The van der Waals surface area contributed by atoms with Gasteiger partial charge in [-0.05, 0) is 70.0 Å². The van der Waals surface area contributed by atoms with E-state index in [1.807, 2.05) is 19.2 Å². The van der Waals surface area contributed by atoms with Gasteiger partial charge in [-0.3, -0.25) is 0 Å². The maximum absolute atomic E-state index is 10.5. The van der Waals surface area contributed by atoms with E-state index in [9.17, 15) is 10.2 Å². The smallest absolute Gasteiger partial charge is 0.0761 e. The molecule has 0 aliphatic heterocycles. The van der Waals surface area contributed by atoms with Gasteiger partial charge in [0.15, 0.2) is 0 Å². The van der Waals surface area contributed by atoms with Crippen molar-refractivity contribution >= 4 is 0 Å². The molecule has 2 aliphatic carbocycles. The van der Waals surface area contributed by atoms with Crippen LogP contribution in [0.2, 0.25) is 0 Å². The minimum Gasteiger partial charge on any atom is -0.392 e. The topological polar surface area (TPSA) is 52.5 Å². The molecule has 3 N–H and O–H groups in total. The Labute approximate surface area is 170 Å². The molecule has 0 heterocycles. The van der Waals surface area contributed by atoms with Crippen molar-refractivity contribution in [3.8, 4) is 0 Å². The number of hydrogen-bond acceptors (Lipinski definition) is 3. The molecule has 3 nitrogen and oxygen atoms in total. The molecule has 0 unspecified atom stereocenters. The van der Waals surface area contributed by atoms with Gasteiger partial charge in [0.1, 0.15) is 0 Å². The van der Waals surface area contributed by atoms with Crippen molar-refractivity contribution in [2.24, 2.45) is 17.8 Å². The van der Waals surface area contributed by atoms with Crippen molar-refractivity contribution in [2.75, 3.05) is 13.6 Å². The van der Waals surface area contributed by atoms with Crippen molar-refractivity contribution < 1.29 is 10.2 Å². The van der Waals surface area contributed by atoms with Crippen LogP contribution in [0, 0.1) is 24.7 Å². The van der Waals surface area contributed by atoms with Crippen LogP contribution >= 0.6 is 0 Å². The van der Waals surface area contributed by atoms with E-state index in [0.29, 0.717) is 18.3 Å². The Morgan fingerprint density at radius 2 is 2.11 bits per heavy atom. The molecule has 28 heavy (non-hydrogen) atoms. The summed E-state index contributed by atoms with van der Waals surface area (Å²) in [5, 5.41) is 24.2. The monoisotopic (exact) mass is 383 g/mol. The SMILES string of the molecule is CNCCCCCC1=C[C@H]2C[C@@H](O)[C@H](C=C[C@@H](O)Cc3cccc(C)c3)[C@H]2C1. The first-order chi connectivity index (χ1) is 13.6. The Balaban J connectivity index is 1.49. The van der Waals surface area contributed by atoms with E-state index in [1.54, 1.807) is 5.57 Å². The molecule has 5 atom stereocenters. The Bertz CT molecular complexity index is 681. The van der Waals surface area contributed by atoms with Gasteiger partial charge in [0.2, 0.25) is 0 Å². The quantitative estimate of drug-likeness (QED) is 0.420. The molecular weight excluding hydrogens is 346 g/mol. The second kappa shape index (κ2) is 10.4. The minimum absolute atomic E-state index is 0.176. The van der Waals surface area contributed by atoms with E-state index < -0.39 is 6.10 Å². The summed E-state index contributed by atoms with van der Waals surface area (Å²) in [5.41, 5.74) is 3.97. The van der Waals surface area contributed by atoms with Crippen LogP contribution in [0.1, 0.15) is 49.7 Å². The molecule has 0 aromatic heterocycles. The summed E-state index contributed by atoms with van der Waals surface area (Å²) in [6.07, 6.45) is 13.3. The van der Waals surface area contributed by atoms with Crippen LogP contribution in [-0.4, -0.2) is 36.0 Å². The third-order valence-electron chi connectivity index (χ3n) is 6.46. The summed E-state index contributed by atoms with van der Waals surface area (Å²) in [4.78, 5) is 0. The van der Waals surface area contributed by atoms with Crippen LogP contribution in [0.3, 0.4) is 0 Å². The molecule has 1 saturated carbocycles. The zero-order valence-corrected chi connectivity index (χ0v) is 17.5. The van der Waals surface area contributed by atoms with Gasteiger partial charge in [0, 0.05) is 12.3 Å². The number of aliphatic hydroxyl groups is 2. The second-order valence-electron chi connectivity index (χ2n) is 8.80. The first-order valence-electron chi connectivity index (χ1n) is 11.0. The number of aliphatic hydroxyl groups excluding tert-OH is 2. The lowest BCUT2D eigenvalue weighted by Crippen LogP contribution is -2.18. The van der Waals surface area contributed by atoms with Crippen LogP contribution in [0.5, 0.6) is 0 Å². The molecular formula is C25H37NO2. The molecule has 154 valence electrons. The molecule has 3 heteroatoms. The maximum atomic E-state index is 10.5. The van der Waals surface area contributed by atoms with Gasteiger partial charge in [0.05, 0.1) is 12.2 Å². The van der Waals surface area contributed by atoms with Gasteiger partial charge in [-0.2, -0.15) is 0 Å². The molecule has 3 rings (SSSR count). The van der Waals surface area contributed by atoms with Crippen LogP contribution in [0.15, 0.2) is 48.1 Å². The molecule has 0 amide bonds. The third kappa shape index (κ3) is 5.79. The maximum Gasteiger partial charge on any atom is 0.0761 e. The summed E-state index contributed by atoms with van der Waals surface area (Å²) in [5.74, 6) is 1.21. The molecule has 0 spiro atoms. The van der Waals surface area contributed by atoms with Crippen LogP contribution in [0.25, 0.3) is 0 Å². The Morgan fingerprint density at radius 1 is 1.25 bits per heavy atom. The number of hydrogen-bond donors (Lipinski definition) is 3. The van der Waals surface area contributed by atoms with Gasteiger partial charge < -0.3 is 15.5 Å². The Kier molecular flexibility index (Phi) is 7.90. The molecule has 1 aromatic rings. The van der Waals surface area contributed by atoms with Crippen molar-refractivity contribution in [3.05, 3.63) is 59.2 Å². The predicted molar refractivity (Wildman–Crippen MR) is 116 cm³/mol. The molecule has 0 saturated heterocycles. The highest BCUT2D eigenvalue weighted by molar-refractivity contribution is 5.24. The molecule has 2 aliphatic rings. The summed E-state index contributed by atoms with van der Waals surface area (Å²) in [7, 11) is 2.01. The Hall–Kier alpha value is -1.42. The first kappa shape index (κ1) is 21.3. The number of unbranched alkanes of at least 4 members (excludes halogenated alkanes) is 2. The lowest BCUT2D eigenvalue weighted by atomic mass is 9.88. The summed E-state index contributed by atoms with van der Waals surface area (Å²) in [6, 6.07) is 8.30. The standard InChI is InChI=1S/C25H37NO2/c1-18-7-6-9-19(13-18)15-22(27)10-11-23-24-16-20(8-4-3-5-12-26-2)14-21(24)17-25(23)28/h6-7,9-11,13-14,21-28H,3-5,8,12,15-17H2,1-2H3/t21-,22+,23+,24-,25+/m0/s1. The van der Waals surface area contributed by atoms with E-state index in [-0.39, 0.29) is 12.0 Å². The second-order valence-corrected chi connectivity index (χ2v) is 8.80. The lowest BCUT2D eigenvalue weighted by molar-refractivity contribution is 0.140. The van der Waals surface area contributed by atoms with Crippen molar-refractivity contribution in [3.63, 3.8) is 0 Å². The molecule has 1 aromatic carbocycles. The van der Waals surface area contributed by atoms with E-state index in [4.69, 9.17) is 0 Å². The number of benzene rings is 1. The van der Waals surface area contributed by atoms with Crippen LogP contribution in [0.4, 0.5) is 0 Å². The average Bonchev–Trinajstić information content (AvgIpc) is 3.16. The highest BCUT2D eigenvalue weighted by atomic mass is 16.3. The average molecular weight is 384 g/mol. The number of nitrogens with one attached hydrogen (secondary N) is 1. The van der Waals surface area contributed by atoms with Crippen molar-refractivity contribution in [1.29, 1.82) is 0 Å². The number of rotatable bonds is 10. The van der Waals surface area contributed by atoms with Gasteiger partial charge in [-0.15, -0.1) is 0 Å². The van der Waals surface area contributed by atoms with Crippen LogP contribution in [-0.2, 0) is 6.42 Å². The third-order valence-corrected chi connectivity index (χ3v) is 6.46. The molecule has 0 radical (unpaired) electrons. The zero-order chi connectivity index (χ0) is 19.9. The minimum atomic E-state index is -0.492. The lowest BCUT2D eigenvalue weighted by Gasteiger charge is -2.19. The van der Waals surface area contributed by atoms with Crippen molar-refractivity contribution in [2.45, 2.75) is 64.1 Å². The van der Waals surface area contributed by atoms with Gasteiger partial charge in [0.25, 0.3) is 0 Å². The molecule has 1 fully saturated rings. The van der Waals surface area contributed by atoms with Gasteiger partial charge >= 0.3 is 0 Å². The van der Waals surface area contributed by atoms with Crippen molar-refractivity contribution in [1.82, 2.24) is 5.32 Å². The highest BCUT2D eigenvalue weighted by Gasteiger charge is 2.43. The van der Waals surface area contributed by atoms with E-state index >= 15 is 0 Å². The fourth-order valence-corrected chi connectivity index (χ4v) is 5.03. The number of aryl methyl sites for hydroxylation is 1. The van der Waals surface area contributed by atoms with Gasteiger partial charge in [-0.25, -0.2) is 0 Å². The first-order valence-corrected chi connectivity index (χ1v) is 11.0. The predicted octanol–water partition coefficient (Wildman–Crippen LogP) is 4.18. The van der Waals surface area contributed by atoms with E-state index in [0.717, 1.165) is 24.9 Å². The van der Waals surface area contributed by atoms with E-state index in [1.165, 1.54) is 31.2 Å². The largest absolute Gasteiger partial charge is 0.392 e. The van der Waals surface area contributed by atoms with Crippen LogP contribution < -0.4 is 5.32 Å². The normalized spacial score (nSPS) is 27.9. The fraction of sp³-hybridized carbons (Fsp3) is 0.600. The fourth-order valence-electron chi connectivity index (χ4n) is 5.03. The number of allylic oxidation sites excluding steroid dienone is 2. The number of fused-ring (bicyclic) bond motifs is 1. The highest BCUT2D eigenvalue weighted by Crippen LogP contribution is 2.48. The summed E-state index contributed by atoms with van der Waals surface area (Å²) < 4.78 is 0. The van der Waals surface area contributed by atoms with E-state index in [2.05, 4.69) is 42.6 Å². The molecule has 0 bridgehead atoms.